The first kappa shape index (κ1) is 16.2. The van der Waals surface area contributed by atoms with E-state index in [0.717, 1.165) is 0 Å². The number of carbonyl (C=O) groups is 2. The van der Waals surface area contributed by atoms with Crippen molar-refractivity contribution in [1.29, 1.82) is 0 Å². The molecule has 1 rings (SSSR count). The van der Waals surface area contributed by atoms with Crippen LogP contribution in [0.5, 0.6) is 0 Å². The zero-order chi connectivity index (χ0) is 15.6. The maximum atomic E-state index is 12.2. The molecule has 110 valence electrons. The van der Waals surface area contributed by atoms with Crippen LogP contribution in [-0.2, 0) is 9.59 Å². The molecule has 1 amide bonds. The molecule has 0 fully saturated rings. The Hall–Kier alpha value is -1.88. The molecule has 0 radical (unpaired) electrons. The van der Waals surface area contributed by atoms with Crippen molar-refractivity contribution in [2.24, 2.45) is 11.1 Å². The van der Waals surface area contributed by atoms with Gasteiger partial charge in [-0.2, -0.15) is 0 Å². The molecule has 1 atom stereocenters. The number of aliphatic carboxylic acids is 1. The quantitative estimate of drug-likeness (QED) is 0.764. The van der Waals surface area contributed by atoms with Crippen LogP contribution in [0, 0.1) is 5.41 Å². The van der Waals surface area contributed by atoms with E-state index in [1.54, 1.807) is 52.0 Å². The van der Waals surface area contributed by atoms with Gasteiger partial charge >= 0.3 is 5.97 Å². The van der Waals surface area contributed by atoms with E-state index >= 15 is 0 Å². The van der Waals surface area contributed by atoms with Crippen LogP contribution in [-0.4, -0.2) is 22.5 Å². The highest BCUT2D eigenvalue weighted by Gasteiger charge is 2.44. The molecule has 0 aliphatic carbocycles. The summed E-state index contributed by atoms with van der Waals surface area (Å²) in [5.74, 6) is -1.37. The van der Waals surface area contributed by atoms with E-state index in [9.17, 15) is 14.7 Å². The first-order chi connectivity index (χ1) is 9.09. The number of hydrogen-bond acceptors (Lipinski definition) is 3. The molecule has 5 nitrogen and oxygen atoms in total. The van der Waals surface area contributed by atoms with E-state index in [4.69, 9.17) is 5.73 Å². The topological polar surface area (TPSA) is 92.4 Å². The van der Waals surface area contributed by atoms with Crippen molar-refractivity contribution < 1.29 is 14.7 Å². The number of rotatable bonds is 5. The first-order valence-electron chi connectivity index (χ1n) is 6.45. The average Bonchev–Trinajstić information content (AvgIpc) is 2.37. The molecule has 0 aliphatic heterocycles. The van der Waals surface area contributed by atoms with Gasteiger partial charge in [0.2, 0.25) is 5.91 Å². The van der Waals surface area contributed by atoms with Gasteiger partial charge in [0.15, 0.2) is 0 Å². The SMILES string of the molecule is CC(C)(NC(=O)[C@@H](N)c1ccccc1)C(C)(C)C(=O)O. The third kappa shape index (κ3) is 3.17. The van der Waals surface area contributed by atoms with Crippen molar-refractivity contribution in [2.75, 3.05) is 0 Å². The third-order valence-corrected chi connectivity index (χ3v) is 3.97. The summed E-state index contributed by atoms with van der Waals surface area (Å²) in [6.45, 7) is 6.50. The fraction of sp³-hybridized carbons (Fsp3) is 0.467. The lowest BCUT2D eigenvalue weighted by molar-refractivity contribution is -0.151. The molecule has 1 aromatic rings. The number of carboxylic acids is 1. The molecule has 0 unspecified atom stereocenters. The van der Waals surface area contributed by atoms with Crippen LogP contribution in [0.4, 0.5) is 0 Å². The Balaban J connectivity index is 2.88. The Bertz CT molecular complexity index is 495. The monoisotopic (exact) mass is 278 g/mol. The van der Waals surface area contributed by atoms with Crippen LogP contribution in [0.15, 0.2) is 30.3 Å². The standard InChI is InChI=1S/C15H22N2O3/c1-14(2,13(19)20)15(3,4)17-12(18)11(16)10-8-6-5-7-9-10/h5-9,11H,16H2,1-4H3,(H,17,18)(H,19,20)/t11-/m0/s1. The zero-order valence-corrected chi connectivity index (χ0v) is 12.3. The van der Waals surface area contributed by atoms with Crippen LogP contribution >= 0.6 is 0 Å². The van der Waals surface area contributed by atoms with E-state index < -0.39 is 28.9 Å². The van der Waals surface area contributed by atoms with Gasteiger partial charge in [0.1, 0.15) is 6.04 Å². The van der Waals surface area contributed by atoms with Crippen LogP contribution in [0.1, 0.15) is 39.3 Å². The van der Waals surface area contributed by atoms with Crippen LogP contribution in [0.3, 0.4) is 0 Å². The molecule has 20 heavy (non-hydrogen) atoms. The normalized spacial score (nSPS) is 13.7. The largest absolute Gasteiger partial charge is 0.481 e. The summed E-state index contributed by atoms with van der Waals surface area (Å²) < 4.78 is 0. The second kappa shape index (κ2) is 5.63. The van der Waals surface area contributed by atoms with E-state index in [0.29, 0.717) is 5.56 Å². The smallest absolute Gasteiger partial charge is 0.311 e. The highest BCUT2D eigenvalue weighted by Crippen LogP contribution is 2.31. The van der Waals surface area contributed by atoms with E-state index in [1.807, 2.05) is 6.07 Å². The Morgan fingerprint density at radius 3 is 2.10 bits per heavy atom. The van der Waals surface area contributed by atoms with Crippen molar-refractivity contribution in [3.8, 4) is 0 Å². The molecular weight excluding hydrogens is 256 g/mol. The van der Waals surface area contributed by atoms with E-state index in [-0.39, 0.29) is 0 Å². The summed E-state index contributed by atoms with van der Waals surface area (Å²) in [4.78, 5) is 23.5. The molecule has 0 aromatic heterocycles. The van der Waals surface area contributed by atoms with Gasteiger partial charge in [0, 0.05) is 0 Å². The first-order valence-corrected chi connectivity index (χ1v) is 6.45. The van der Waals surface area contributed by atoms with Crippen LogP contribution in [0.25, 0.3) is 0 Å². The van der Waals surface area contributed by atoms with Crippen LogP contribution in [0.2, 0.25) is 0 Å². The van der Waals surface area contributed by atoms with Gasteiger partial charge in [-0.3, -0.25) is 9.59 Å². The van der Waals surface area contributed by atoms with Gasteiger partial charge in [0.25, 0.3) is 0 Å². The Labute approximate surface area is 119 Å². The lowest BCUT2D eigenvalue weighted by Gasteiger charge is -2.39. The van der Waals surface area contributed by atoms with Gasteiger partial charge in [0.05, 0.1) is 11.0 Å². The number of carbonyl (C=O) groups excluding carboxylic acids is 1. The average molecular weight is 278 g/mol. The molecule has 0 aliphatic rings. The minimum atomic E-state index is -1.11. The van der Waals surface area contributed by atoms with E-state index in [2.05, 4.69) is 5.32 Å². The third-order valence-electron chi connectivity index (χ3n) is 3.97. The predicted molar refractivity (Wildman–Crippen MR) is 77.0 cm³/mol. The molecule has 0 bridgehead atoms. The number of nitrogens with one attached hydrogen (secondary N) is 1. The number of benzene rings is 1. The van der Waals surface area contributed by atoms with Gasteiger partial charge in [-0.15, -0.1) is 0 Å². The maximum Gasteiger partial charge on any atom is 0.311 e. The number of hydrogen-bond donors (Lipinski definition) is 3. The summed E-state index contributed by atoms with van der Waals surface area (Å²) >= 11 is 0. The minimum Gasteiger partial charge on any atom is -0.481 e. The zero-order valence-electron chi connectivity index (χ0n) is 12.3. The number of nitrogens with two attached hydrogens (primary N) is 1. The van der Waals surface area contributed by atoms with Gasteiger partial charge in [-0.1, -0.05) is 30.3 Å². The number of carboxylic acid groups (broad SMARTS) is 1. The summed E-state index contributed by atoms with van der Waals surface area (Å²) in [7, 11) is 0. The summed E-state index contributed by atoms with van der Waals surface area (Å²) in [6.07, 6.45) is 0. The summed E-state index contributed by atoms with van der Waals surface area (Å²) in [5, 5.41) is 12.0. The Morgan fingerprint density at radius 2 is 1.65 bits per heavy atom. The minimum absolute atomic E-state index is 0.393. The lowest BCUT2D eigenvalue weighted by Crippen LogP contribution is -2.58. The van der Waals surface area contributed by atoms with Crippen molar-refractivity contribution in [3.63, 3.8) is 0 Å². The maximum absolute atomic E-state index is 12.2. The Kier molecular flexibility index (Phi) is 4.55. The highest BCUT2D eigenvalue weighted by atomic mass is 16.4. The predicted octanol–water partition coefficient (Wildman–Crippen LogP) is 1.69. The van der Waals surface area contributed by atoms with Crippen LogP contribution < -0.4 is 11.1 Å². The van der Waals surface area contributed by atoms with Gasteiger partial charge < -0.3 is 16.2 Å². The van der Waals surface area contributed by atoms with Gasteiger partial charge in [-0.25, -0.2) is 0 Å². The molecule has 0 spiro atoms. The summed E-state index contributed by atoms with van der Waals surface area (Å²) in [5.41, 5.74) is 4.55. The molecular formula is C15H22N2O3. The highest BCUT2D eigenvalue weighted by molar-refractivity contribution is 5.85. The van der Waals surface area contributed by atoms with E-state index in [1.165, 1.54) is 0 Å². The fourth-order valence-electron chi connectivity index (χ4n) is 1.62. The fourth-order valence-corrected chi connectivity index (χ4v) is 1.62. The van der Waals surface area contributed by atoms with Gasteiger partial charge in [-0.05, 0) is 33.3 Å². The lowest BCUT2D eigenvalue weighted by atomic mass is 9.74. The van der Waals surface area contributed by atoms with Crippen molar-refractivity contribution in [2.45, 2.75) is 39.3 Å². The molecule has 1 aromatic carbocycles. The second-order valence-electron chi connectivity index (χ2n) is 5.93. The summed E-state index contributed by atoms with van der Waals surface area (Å²) in [6, 6.07) is 8.15. The second-order valence-corrected chi connectivity index (χ2v) is 5.93. The van der Waals surface area contributed by atoms with Crippen molar-refractivity contribution >= 4 is 11.9 Å². The molecule has 0 saturated heterocycles. The molecule has 0 heterocycles. The molecule has 4 N–H and O–H groups in total. The number of amides is 1. The van der Waals surface area contributed by atoms with Crippen molar-refractivity contribution in [3.05, 3.63) is 35.9 Å². The Morgan fingerprint density at radius 1 is 1.15 bits per heavy atom. The van der Waals surface area contributed by atoms with Crippen molar-refractivity contribution in [1.82, 2.24) is 5.32 Å². The molecule has 5 heteroatoms. The molecule has 0 saturated carbocycles.